The molecule has 1 atom stereocenters. The summed E-state index contributed by atoms with van der Waals surface area (Å²) in [6.07, 6.45) is 5.39. The van der Waals surface area contributed by atoms with Crippen LogP contribution in [0.25, 0.3) is 0 Å². The lowest BCUT2D eigenvalue weighted by Crippen LogP contribution is -2.38. The molecule has 0 radical (unpaired) electrons. The predicted molar refractivity (Wildman–Crippen MR) is 83.4 cm³/mol. The van der Waals surface area contributed by atoms with Gasteiger partial charge >= 0.3 is 0 Å². The molecule has 0 aromatic heterocycles. The standard InChI is InChI=1S/C15H22ClNO.ClH/c1-13(17-10-6-2-3-7-11-17)18-15-9-5-4-8-14(15)12-16;/h4-5,8-9,13H,2-3,6-7,10-12H2,1H3;1H. The monoisotopic (exact) mass is 303 g/mol. The third-order valence-corrected chi connectivity index (χ3v) is 3.86. The highest BCUT2D eigenvalue weighted by Gasteiger charge is 2.17. The van der Waals surface area contributed by atoms with Crippen LogP contribution in [-0.2, 0) is 5.88 Å². The van der Waals surface area contributed by atoms with Gasteiger partial charge in [-0.1, -0.05) is 31.0 Å². The van der Waals surface area contributed by atoms with Crippen molar-refractivity contribution >= 4 is 24.0 Å². The van der Waals surface area contributed by atoms with Gasteiger partial charge in [0, 0.05) is 18.7 Å². The maximum Gasteiger partial charge on any atom is 0.149 e. The van der Waals surface area contributed by atoms with Crippen molar-refractivity contribution in [2.75, 3.05) is 13.1 Å². The average Bonchev–Trinajstić information content (AvgIpc) is 2.68. The summed E-state index contributed by atoms with van der Waals surface area (Å²) in [4.78, 5) is 2.43. The fourth-order valence-electron chi connectivity index (χ4n) is 2.45. The van der Waals surface area contributed by atoms with E-state index in [1.165, 1.54) is 25.7 Å². The van der Waals surface area contributed by atoms with Crippen LogP contribution in [-0.4, -0.2) is 24.2 Å². The van der Waals surface area contributed by atoms with Crippen molar-refractivity contribution < 1.29 is 4.74 Å². The first kappa shape index (κ1) is 16.6. The molecule has 1 saturated heterocycles. The molecule has 108 valence electrons. The van der Waals surface area contributed by atoms with Crippen LogP contribution in [0.1, 0.15) is 38.2 Å². The Bertz CT molecular complexity index is 365. The van der Waals surface area contributed by atoms with Crippen molar-refractivity contribution in [1.82, 2.24) is 4.90 Å². The first-order valence-electron chi connectivity index (χ1n) is 6.86. The molecule has 4 heteroatoms. The van der Waals surface area contributed by atoms with E-state index in [-0.39, 0.29) is 18.6 Å². The Morgan fingerprint density at radius 3 is 2.42 bits per heavy atom. The highest BCUT2D eigenvalue weighted by Crippen LogP contribution is 2.22. The van der Waals surface area contributed by atoms with Crippen molar-refractivity contribution in [3.05, 3.63) is 29.8 Å². The molecular weight excluding hydrogens is 281 g/mol. The lowest BCUT2D eigenvalue weighted by molar-refractivity contribution is 0.0418. The molecule has 0 aliphatic carbocycles. The first-order chi connectivity index (χ1) is 8.81. The second kappa shape index (κ2) is 8.68. The molecule has 0 bridgehead atoms. The number of likely N-dealkylation sites (tertiary alicyclic amines) is 1. The number of halogens is 2. The molecule has 0 amide bonds. The minimum atomic E-state index is 0. The van der Waals surface area contributed by atoms with E-state index in [0.29, 0.717) is 5.88 Å². The molecule has 2 nitrogen and oxygen atoms in total. The van der Waals surface area contributed by atoms with Gasteiger partial charge in [-0.2, -0.15) is 0 Å². The second-order valence-corrected chi connectivity index (χ2v) is 5.18. The van der Waals surface area contributed by atoms with Gasteiger partial charge in [-0.3, -0.25) is 4.90 Å². The molecular formula is C15H23Cl2NO. The topological polar surface area (TPSA) is 12.5 Å². The summed E-state index contributed by atoms with van der Waals surface area (Å²) in [5.74, 6) is 1.42. The van der Waals surface area contributed by atoms with E-state index in [4.69, 9.17) is 16.3 Å². The molecule has 1 heterocycles. The summed E-state index contributed by atoms with van der Waals surface area (Å²) < 4.78 is 6.07. The van der Waals surface area contributed by atoms with Crippen molar-refractivity contribution in [1.29, 1.82) is 0 Å². The minimum Gasteiger partial charge on any atom is -0.475 e. The van der Waals surface area contributed by atoms with Crippen molar-refractivity contribution in [2.24, 2.45) is 0 Å². The zero-order chi connectivity index (χ0) is 12.8. The van der Waals surface area contributed by atoms with Crippen LogP contribution < -0.4 is 4.74 Å². The van der Waals surface area contributed by atoms with E-state index in [9.17, 15) is 0 Å². The largest absolute Gasteiger partial charge is 0.475 e. The molecule has 2 rings (SSSR count). The van der Waals surface area contributed by atoms with E-state index in [2.05, 4.69) is 11.8 Å². The molecule has 1 aliphatic heterocycles. The van der Waals surface area contributed by atoms with Gasteiger partial charge in [-0.05, 0) is 25.8 Å². The summed E-state index contributed by atoms with van der Waals surface area (Å²) in [5.41, 5.74) is 1.07. The molecule has 0 spiro atoms. The zero-order valence-corrected chi connectivity index (χ0v) is 13.1. The fraction of sp³-hybridized carbons (Fsp3) is 0.600. The lowest BCUT2D eigenvalue weighted by Gasteiger charge is -2.28. The Kier molecular flexibility index (Phi) is 7.59. The average molecular weight is 304 g/mol. The zero-order valence-electron chi connectivity index (χ0n) is 11.5. The number of alkyl halides is 1. The molecule has 1 unspecified atom stereocenters. The number of hydrogen-bond acceptors (Lipinski definition) is 2. The third kappa shape index (κ3) is 4.87. The summed E-state index contributed by atoms with van der Waals surface area (Å²) in [5, 5.41) is 0. The van der Waals surface area contributed by atoms with Crippen LogP contribution in [0.15, 0.2) is 24.3 Å². The predicted octanol–water partition coefficient (Wildman–Crippen LogP) is 4.45. The number of ether oxygens (including phenoxy) is 1. The Labute approximate surface area is 127 Å². The van der Waals surface area contributed by atoms with Crippen molar-refractivity contribution in [2.45, 2.75) is 44.7 Å². The van der Waals surface area contributed by atoms with Crippen LogP contribution in [0.5, 0.6) is 5.75 Å². The maximum atomic E-state index is 6.07. The smallest absolute Gasteiger partial charge is 0.149 e. The third-order valence-electron chi connectivity index (χ3n) is 3.57. The van der Waals surface area contributed by atoms with Crippen LogP contribution in [0.4, 0.5) is 0 Å². The highest BCUT2D eigenvalue weighted by atomic mass is 35.5. The summed E-state index contributed by atoms with van der Waals surface area (Å²) >= 11 is 5.93. The van der Waals surface area contributed by atoms with E-state index in [0.717, 1.165) is 24.4 Å². The molecule has 1 fully saturated rings. The Balaban J connectivity index is 0.00000180. The number of hydrogen-bond donors (Lipinski definition) is 0. The van der Waals surface area contributed by atoms with Gasteiger partial charge in [0.2, 0.25) is 0 Å². The maximum absolute atomic E-state index is 6.07. The SMILES string of the molecule is CC(Oc1ccccc1CCl)N1CCCCCC1.Cl. The lowest BCUT2D eigenvalue weighted by atomic mass is 10.2. The Morgan fingerprint density at radius 2 is 1.79 bits per heavy atom. The van der Waals surface area contributed by atoms with Gasteiger partial charge in [0.05, 0.1) is 5.88 Å². The minimum absolute atomic E-state index is 0. The van der Waals surface area contributed by atoms with Crippen LogP contribution in [0.3, 0.4) is 0 Å². The summed E-state index contributed by atoms with van der Waals surface area (Å²) in [7, 11) is 0. The normalized spacial score (nSPS) is 18.2. The number of nitrogens with zero attached hydrogens (tertiary/aromatic N) is 1. The second-order valence-electron chi connectivity index (χ2n) is 4.91. The van der Waals surface area contributed by atoms with Gasteiger partial charge in [0.15, 0.2) is 0 Å². The Morgan fingerprint density at radius 1 is 1.16 bits per heavy atom. The fourth-order valence-corrected chi connectivity index (χ4v) is 2.67. The molecule has 1 aliphatic rings. The van der Waals surface area contributed by atoms with E-state index in [1.807, 2.05) is 24.3 Å². The number of benzene rings is 1. The van der Waals surface area contributed by atoms with Gasteiger partial charge in [-0.25, -0.2) is 0 Å². The molecule has 0 saturated carbocycles. The van der Waals surface area contributed by atoms with Gasteiger partial charge in [0.1, 0.15) is 12.0 Å². The van der Waals surface area contributed by atoms with Crippen LogP contribution >= 0.6 is 24.0 Å². The van der Waals surface area contributed by atoms with E-state index >= 15 is 0 Å². The molecule has 1 aromatic carbocycles. The van der Waals surface area contributed by atoms with Crippen LogP contribution in [0, 0.1) is 0 Å². The van der Waals surface area contributed by atoms with Crippen molar-refractivity contribution in [3.8, 4) is 5.75 Å². The first-order valence-corrected chi connectivity index (χ1v) is 7.39. The summed E-state index contributed by atoms with van der Waals surface area (Å²) in [6.45, 7) is 4.42. The van der Waals surface area contributed by atoms with E-state index in [1.54, 1.807) is 0 Å². The number of rotatable bonds is 4. The molecule has 19 heavy (non-hydrogen) atoms. The molecule has 0 N–H and O–H groups in total. The molecule has 1 aromatic rings. The van der Waals surface area contributed by atoms with Crippen molar-refractivity contribution in [3.63, 3.8) is 0 Å². The Hall–Kier alpha value is -0.440. The summed E-state index contributed by atoms with van der Waals surface area (Å²) in [6, 6.07) is 8.03. The van der Waals surface area contributed by atoms with Crippen LogP contribution in [0.2, 0.25) is 0 Å². The highest BCUT2D eigenvalue weighted by molar-refractivity contribution is 6.17. The number of para-hydroxylation sites is 1. The quantitative estimate of drug-likeness (QED) is 0.762. The van der Waals surface area contributed by atoms with Gasteiger partial charge < -0.3 is 4.74 Å². The van der Waals surface area contributed by atoms with Gasteiger partial charge in [-0.15, -0.1) is 24.0 Å². The van der Waals surface area contributed by atoms with E-state index < -0.39 is 0 Å². The van der Waals surface area contributed by atoms with Gasteiger partial charge in [0.25, 0.3) is 0 Å².